The number of amides is 2. The zero-order valence-electron chi connectivity index (χ0n) is 19.4. The second kappa shape index (κ2) is 12.6. The highest BCUT2D eigenvalue weighted by Gasteiger charge is 2.27. The van der Waals surface area contributed by atoms with E-state index in [1.165, 1.54) is 35.2 Å². The Hall–Kier alpha value is -2.62. The van der Waals surface area contributed by atoms with Crippen molar-refractivity contribution < 1.29 is 27.8 Å². The summed E-state index contributed by atoms with van der Waals surface area (Å²) in [5, 5.41) is 12.4. The Kier molecular flexibility index (Phi) is 10.1. The number of aliphatic hydroxyl groups is 1. The number of benzene rings is 2. The molecule has 33 heavy (non-hydrogen) atoms. The van der Waals surface area contributed by atoms with Crippen LogP contribution in [0.2, 0.25) is 0 Å². The van der Waals surface area contributed by atoms with Crippen LogP contribution in [0.25, 0.3) is 0 Å². The summed E-state index contributed by atoms with van der Waals surface area (Å²) in [5.41, 5.74) is 0.679. The number of likely N-dealkylation sites (N-methyl/N-ethyl adjacent to an activating group) is 1. The van der Waals surface area contributed by atoms with Gasteiger partial charge in [0.15, 0.2) is 0 Å². The third kappa shape index (κ3) is 8.03. The number of nitrogens with zero attached hydrogens (tertiary/aromatic N) is 2. The molecule has 0 aliphatic carbocycles. The van der Waals surface area contributed by atoms with Crippen LogP contribution in [0.3, 0.4) is 0 Å². The number of hydrogen-bond acceptors (Lipinski definition) is 4. The van der Waals surface area contributed by atoms with Crippen molar-refractivity contribution in [1.29, 1.82) is 0 Å². The molecule has 0 aliphatic rings. The number of hydrogen-bond donors (Lipinski definition) is 2. The molecule has 6 nitrogen and oxygen atoms in total. The van der Waals surface area contributed by atoms with Crippen LogP contribution in [-0.4, -0.2) is 66.9 Å². The number of urea groups is 1. The van der Waals surface area contributed by atoms with Gasteiger partial charge in [-0.05, 0) is 56.4 Å². The van der Waals surface area contributed by atoms with E-state index in [2.05, 4.69) is 5.32 Å². The van der Waals surface area contributed by atoms with E-state index in [-0.39, 0.29) is 37.3 Å². The minimum Gasteiger partial charge on any atom is -0.394 e. The molecular weight excluding hydrogens is 435 g/mol. The van der Waals surface area contributed by atoms with Crippen LogP contribution < -0.4 is 5.32 Å². The van der Waals surface area contributed by atoms with E-state index in [0.717, 1.165) is 12.1 Å². The number of aliphatic hydroxyl groups excluding tert-OH is 1. The van der Waals surface area contributed by atoms with Crippen molar-refractivity contribution in [3.8, 4) is 0 Å². The van der Waals surface area contributed by atoms with Crippen molar-refractivity contribution in [2.45, 2.75) is 32.5 Å². The Morgan fingerprint density at radius 2 is 1.70 bits per heavy atom. The first-order valence-electron chi connectivity index (χ1n) is 10.7. The summed E-state index contributed by atoms with van der Waals surface area (Å²) in [5.74, 6) is -1.54. The second-order valence-corrected chi connectivity index (χ2v) is 8.30. The van der Waals surface area contributed by atoms with E-state index in [1.807, 2.05) is 11.8 Å². The topological polar surface area (TPSA) is 65.0 Å². The first kappa shape index (κ1) is 26.6. The highest BCUT2D eigenvalue weighted by atomic mass is 19.1. The molecule has 0 saturated heterocycles. The fraction of sp³-hybridized carbons (Fsp3) is 0.458. The number of carbonyl (C=O) groups is 1. The molecule has 0 fully saturated rings. The molecule has 0 heterocycles. The minimum absolute atomic E-state index is 0.150. The fourth-order valence-corrected chi connectivity index (χ4v) is 3.53. The van der Waals surface area contributed by atoms with Gasteiger partial charge in [0, 0.05) is 43.9 Å². The monoisotopic (exact) mass is 467 g/mol. The normalized spacial score (nSPS) is 14.1. The van der Waals surface area contributed by atoms with Crippen LogP contribution in [-0.2, 0) is 11.3 Å². The SMILES string of the molecule is CO[C@H](CN(C)Cc1cc(F)ccc1F)[C@@H](C)CN(C(=O)Nc1ccc(F)cc1)[C@H](C)CO. The molecule has 182 valence electrons. The Morgan fingerprint density at radius 1 is 1.06 bits per heavy atom. The van der Waals surface area contributed by atoms with Gasteiger partial charge in [-0.2, -0.15) is 0 Å². The third-order valence-electron chi connectivity index (χ3n) is 5.51. The van der Waals surface area contributed by atoms with E-state index in [0.29, 0.717) is 12.2 Å². The molecule has 9 heteroatoms. The molecule has 3 atom stereocenters. The Labute approximate surface area is 193 Å². The van der Waals surface area contributed by atoms with Gasteiger partial charge in [0.2, 0.25) is 0 Å². The molecule has 0 bridgehead atoms. The van der Waals surface area contributed by atoms with Gasteiger partial charge >= 0.3 is 6.03 Å². The predicted molar refractivity (Wildman–Crippen MR) is 121 cm³/mol. The average molecular weight is 468 g/mol. The molecular formula is C24H32F3N3O3. The maximum Gasteiger partial charge on any atom is 0.322 e. The molecule has 2 rings (SSSR count). The minimum atomic E-state index is -0.503. The van der Waals surface area contributed by atoms with Crippen molar-refractivity contribution in [2.75, 3.05) is 39.2 Å². The predicted octanol–water partition coefficient (Wildman–Crippen LogP) is 4.10. The summed E-state index contributed by atoms with van der Waals surface area (Å²) in [6.45, 7) is 4.27. The second-order valence-electron chi connectivity index (χ2n) is 8.30. The van der Waals surface area contributed by atoms with Crippen LogP contribution >= 0.6 is 0 Å². The Bertz CT molecular complexity index is 898. The number of methoxy groups -OCH3 is 1. The molecule has 2 aromatic rings. The highest BCUT2D eigenvalue weighted by Crippen LogP contribution is 2.17. The standard InChI is InChI=1S/C24H32F3N3O3/c1-16(23(33-4)14-29(3)13-18-11-20(26)7-10-22(18)27)12-30(17(2)15-31)24(32)28-21-8-5-19(25)6-9-21/h5-11,16-17,23,31H,12-15H2,1-4H3,(H,28,32)/t16-,17+,23+/m0/s1. The number of nitrogens with one attached hydrogen (secondary N) is 1. The fourth-order valence-electron chi connectivity index (χ4n) is 3.53. The Morgan fingerprint density at radius 3 is 2.30 bits per heavy atom. The van der Waals surface area contributed by atoms with Crippen molar-refractivity contribution in [3.05, 3.63) is 65.5 Å². The molecule has 0 aliphatic heterocycles. The summed E-state index contributed by atoms with van der Waals surface area (Å²) in [4.78, 5) is 16.2. The highest BCUT2D eigenvalue weighted by molar-refractivity contribution is 5.89. The molecule has 0 saturated carbocycles. The molecule has 0 unspecified atom stereocenters. The van der Waals surface area contributed by atoms with Gasteiger partial charge in [-0.3, -0.25) is 4.90 Å². The lowest BCUT2D eigenvalue weighted by Gasteiger charge is -2.34. The summed E-state index contributed by atoms with van der Waals surface area (Å²) < 4.78 is 46.2. The number of rotatable bonds is 11. The van der Waals surface area contributed by atoms with E-state index >= 15 is 0 Å². The molecule has 0 radical (unpaired) electrons. The van der Waals surface area contributed by atoms with Crippen LogP contribution in [0.15, 0.2) is 42.5 Å². The lowest BCUT2D eigenvalue weighted by Crippen LogP contribution is -2.48. The molecule has 0 aromatic heterocycles. The maximum atomic E-state index is 14.0. The van der Waals surface area contributed by atoms with Crippen molar-refractivity contribution in [1.82, 2.24) is 9.80 Å². The van der Waals surface area contributed by atoms with Gasteiger partial charge < -0.3 is 20.1 Å². The number of carbonyl (C=O) groups excluding carboxylic acids is 1. The van der Waals surface area contributed by atoms with Crippen LogP contribution in [0.1, 0.15) is 19.4 Å². The van der Waals surface area contributed by atoms with Crippen molar-refractivity contribution in [3.63, 3.8) is 0 Å². The average Bonchev–Trinajstić information content (AvgIpc) is 2.79. The summed E-state index contributed by atoms with van der Waals surface area (Å²) >= 11 is 0. The lowest BCUT2D eigenvalue weighted by atomic mass is 10.0. The van der Waals surface area contributed by atoms with E-state index < -0.39 is 29.5 Å². The number of anilines is 1. The van der Waals surface area contributed by atoms with Crippen LogP contribution in [0.4, 0.5) is 23.7 Å². The van der Waals surface area contributed by atoms with Crippen molar-refractivity contribution in [2.24, 2.45) is 5.92 Å². The Balaban J connectivity index is 2.04. The van der Waals surface area contributed by atoms with Gasteiger partial charge in [-0.1, -0.05) is 6.92 Å². The summed E-state index contributed by atoms with van der Waals surface area (Å²) in [6.07, 6.45) is -0.321. The largest absolute Gasteiger partial charge is 0.394 e. The van der Waals surface area contributed by atoms with Gasteiger partial charge in [-0.25, -0.2) is 18.0 Å². The van der Waals surface area contributed by atoms with E-state index in [4.69, 9.17) is 4.74 Å². The van der Waals surface area contributed by atoms with Gasteiger partial charge in [0.05, 0.1) is 18.8 Å². The van der Waals surface area contributed by atoms with Gasteiger partial charge in [0.25, 0.3) is 0 Å². The van der Waals surface area contributed by atoms with E-state index in [1.54, 1.807) is 21.1 Å². The molecule has 2 amide bonds. The van der Waals surface area contributed by atoms with Crippen molar-refractivity contribution >= 4 is 11.7 Å². The van der Waals surface area contributed by atoms with Gasteiger partial charge in [-0.15, -0.1) is 0 Å². The summed E-state index contributed by atoms with van der Waals surface area (Å²) in [7, 11) is 3.33. The maximum absolute atomic E-state index is 14.0. The number of halogens is 3. The summed E-state index contributed by atoms with van der Waals surface area (Å²) in [6, 6.07) is 7.85. The molecule has 0 spiro atoms. The van der Waals surface area contributed by atoms with Crippen LogP contribution in [0, 0.1) is 23.4 Å². The molecule has 2 N–H and O–H groups in total. The lowest BCUT2D eigenvalue weighted by molar-refractivity contribution is 0.0175. The zero-order chi connectivity index (χ0) is 24.5. The first-order chi connectivity index (χ1) is 15.6. The van der Waals surface area contributed by atoms with E-state index in [9.17, 15) is 23.1 Å². The smallest absolute Gasteiger partial charge is 0.322 e. The van der Waals surface area contributed by atoms with Crippen LogP contribution in [0.5, 0.6) is 0 Å². The molecule has 2 aromatic carbocycles. The van der Waals surface area contributed by atoms with Gasteiger partial charge in [0.1, 0.15) is 17.5 Å². The first-order valence-corrected chi connectivity index (χ1v) is 10.7. The zero-order valence-corrected chi connectivity index (χ0v) is 19.4. The third-order valence-corrected chi connectivity index (χ3v) is 5.51. The quantitative estimate of drug-likeness (QED) is 0.522. The number of ether oxygens (including phenoxy) is 1.